The number of hydrogen-bond acceptors (Lipinski definition) is 4. The summed E-state index contributed by atoms with van der Waals surface area (Å²) in [6.07, 6.45) is 5.53. The van der Waals surface area contributed by atoms with Crippen molar-refractivity contribution in [1.29, 1.82) is 0 Å². The highest BCUT2D eigenvalue weighted by atomic mass is 16.6. The molecule has 3 rings (SSSR count). The zero-order chi connectivity index (χ0) is 12.6. The minimum Gasteiger partial charge on any atom is -0.458 e. The third-order valence-corrected chi connectivity index (χ3v) is 3.80. The van der Waals surface area contributed by atoms with Gasteiger partial charge in [-0.05, 0) is 32.0 Å². The van der Waals surface area contributed by atoms with E-state index in [2.05, 4.69) is 5.32 Å². The molecule has 2 heterocycles. The van der Waals surface area contributed by atoms with Crippen molar-refractivity contribution in [3.05, 3.63) is 46.2 Å². The van der Waals surface area contributed by atoms with Crippen LogP contribution in [0.2, 0.25) is 0 Å². The van der Waals surface area contributed by atoms with Crippen LogP contribution in [0.5, 0.6) is 5.75 Å². The molecule has 94 valence electrons. The Balaban J connectivity index is 2.13. The van der Waals surface area contributed by atoms with E-state index in [1.165, 1.54) is 6.07 Å². The Labute approximate surface area is 105 Å². The van der Waals surface area contributed by atoms with Gasteiger partial charge >= 0.3 is 5.69 Å². The van der Waals surface area contributed by atoms with Crippen molar-refractivity contribution in [1.82, 2.24) is 5.32 Å². The largest absolute Gasteiger partial charge is 0.458 e. The number of nitrogens with one attached hydrogen (secondary N) is 1. The Kier molecular flexibility index (Phi) is 2.56. The molecule has 1 saturated heterocycles. The molecule has 0 saturated carbocycles. The van der Waals surface area contributed by atoms with Crippen LogP contribution >= 0.6 is 0 Å². The zero-order valence-electron chi connectivity index (χ0n) is 9.89. The molecule has 0 bridgehead atoms. The second-order valence-electron chi connectivity index (χ2n) is 4.74. The van der Waals surface area contributed by atoms with Gasteiger partial charge in [-0.1, -0.05) is 12.1 Å². The summed E-state index contributed by atoms with van der Waals surface area (Å²) >= 11 is 0. The molecular formula is C13H14N2O3. The predicted molar refractivity (Wildman–Crippen MR) is 66.6 cm³/mol. The maximum Gasteiger partial charge on any atom is 0.311 e. The number of nitrogens with zero attached hydrogens (tertiary/aromatic N) is 1. The van der Waals surface area contributed by atoms with E-state index in [9.17, 15) is 10.1 Å². The van der Waals surface area contributed by atoms with E-state index in [0.717, 1.165) is 31.5 Å². The first kappa shape index (κ1) is 11.2. The van der Waals surface area contributed by atoms with Crippen LogP contribution in [0.4, 0.5) is 5.69 Å². The predicted octanol–water partition coefficient (Wildman–Crippen LogP) is 2.12. The number of allylic oxidation sites excluding steroid dienone is 1. The van der Waals surface area contributed by atoms with Gasteiger partial charge in [0.05, 0.1) is 11.2 Å². The molecule has 18 heavy (non-hydrogen) atoms. The van der Waals surface area contributed by atoms with Crippen molar-refractivity contribution in [2.45, 2.75) is 18.3 Å². The van der Waals surface area contributed by atoms with E-state index in [4.69, 9.17) is 4.74 Å². The third-order valence-electron chi connectivity index (χ3n) is 3.80. The molecule has 0 aliphatic carbocycles. The minimum absolute atomic E-state index is 0.0507. The number of fused-ring (bicyclic) bond motifs is 2. The summed E-state index contributed by atoms with van der Waals surface area (Å²) in [4.78, 5) is 10.7. The normalized spacial score (nSPS) is 20.2. The Morgan fingerprint density at radius 2 is 2.11 bits per heavy atom. The van der Waals surface area contributed by atoms with Crippen molar-refractivity contribution in [3.8, 4) is 5.75 Å². The van der Waals surface area contributed by atoms with E-state index in [-0.39, 0.29) is 16.0 Å². The summed E-state index contributed by atoms with van der Waals surface area (Å²) < 4.78 is 5.40. The molecule has 1 N–H and O–H groups in total. The highest BCUT2D eigenvalue weighted by Gasteiger charge is 2.38. The molecule has 2 aliphatic heterocycles. The number of para-hydroxylation sites is 1. The highest BCUT2D eigenvalue weighted by Crippen LogP contribution is 2.46. The Morgan fingerprint density at radius 3 is 2.83 bits per heavy atom. The van der Waals surface area contributed by atoms with Gasteiger partial charge in [0.25, 0.3) is 0 Å². The van der Waals surface area contributed by atoms with Gasteiger partial charge in [-0.3, -0.25) is 10.1 Å². The number of hydrogen-bond donors (Lipinski definition) is 1. The van der Waals surface area contributed by atoms with E-state index in [0.29, 0.717) is 5.75 Å². The summed E-state index contributed by atoms with van der Waals surface area (Å²) in [5.74, 6) is 0.409. The fourth-order valence-electron chi connectivity index (χ4n) is 2.82. The van der Waals surface area contributed by atoms with Crippen molar-refractivity contribution in [3.63, 3.8) is 0 Å². The number of benzene rings is 1. The van der Waals surface area contributed by atoms with Crippen LogP contribution in [-0.2, 0) is 5.41 Å². The van der Waals surface area contributed by atoms with E-state index < -0.39 is 0 Å². The molecule has 5 heteroatoms. The van der Waals surface area contributed by atoms with Crippen molar-refractivity contribution >= 4 is 5.69 Å². The van der Waals surface area contributed by atoms with Gasteiger partial charge in [-0.15, -0.1) is 0 Å². The fourth-order valence-corrected chi connectivity index (χ4v) is 2.82. The smallest absolute Gasteiger partial charge is 0.311 e. The quantitative estimate of drug-likeness (QED) is 0.609. The van der Waals surface area contributed by atoms with Gasteiger partial charge in [0.15, 0.2) is 0 Å². The minimum atomic E-state index is -0.382. The fraction of sp³-hybridized carbons (Fsp3) is 0.385. The van der Waals surface area contributed by atoms with Crippen LogP contribution < -0.4 is 10.1 Å². The standard InChI is InChI=1S/C13H14N2O3/c16-15(17)11-3-1-2-10-12(11)18-9-6-13(10)4-7-14-8-5-13/h1-3,6,9,14H,4-5,7-8H2. The van der Waals surface area contributed by atoms with E-state index in [1.807, 2.05) is 12.1 Å². The maximum atomic E-state index is 11.0. The highest BCUT2D eigenvalue weighted by molar-refractivity contribution is 5.57. The lowest BCUT2D eigenvalue weighted by molar-refractivity contribution is -0.385. The first-order chi connectivity index (χ1) is 8.73. The second kappa shape index (κ2) is 4.10. The summed E-state index contributed by atoms with van der Waals surface area (Å²) in [6.45, 7) is 1.85. The Morgan fingerprint density at radius 1 is 1.33 bits per heavy atom. The lowest BCUT2D eigenvalue weighted by atomic mass is 9.72. The molecule has 0 atom stereocenters. The molecular weight excluding hydrogens is 232 g/mol. The van der Waals surface area contributed by atoms with Crippen LogP contribution in [0.1, 0.15) is 18.4 Å². The van der Waals surface area contributed by atoms with Crippen LogP contribution in [0, 0.1) is 10.1 Å². The monoisotopic (exact) mass is 246 g/mol. The molecule has 0 radical (unpaired) electrons. The lowest BCUT2D eigenvalue weighted by Crippen LogP contribution is -2.39. The van der Waals surface area contributed by atoms with Crippen molar-refractivity contribution in [2.75, 3.05) is 13.1 Å². The molecule has 5 nitrogen and oxygen atoms in total. The topological polar surface area (TPSA) is 64.4 Å². The van der Waals surface area contributed by atoms with Gasteiger partial charge in [0.2, 0.25) is 5.75 Å². The number of nitro groups is 1. The summed E-state index contributed by atoms with van der Waals surface area (Å²) in [5, 5.41) is 14.3. The molecule has 0 amide bonds. The first-order valence-electron chi connectivity index (χ1n) is 6.06. The summed E-state index contributed by atoms with van der Waals surface area (Å²) in [6, 6.07) is 5.17. The van der Waals surface area contributed by atoms with Crippen molar-refractivity contribution < 1.29 is 9.66 Å². The molecule has 0 aromatic heterocycles. The van der Waals surface area contributed by atoms with Crippen LogP contribution in [0.25, 0.3) is 0 Å². The van der Waals surface area contributed by atoms with Crippen molar-refractivity contribution in [2.24, 2.45) is 0 Å². The second-order valence-corrected chi connectivity index (χ2v) is 4.74. The summed E-state index contributed by atoms with van der Waals surface area (Å²) in [5.41, 5.74) is 0.889. The molecule has 1 fully saturated rings. The zero-order valence-corrected chi connectivity index (χ0v) is 9.89. The third kappa shape index (κ3) is 1.59. The Bertz CT molecular complexity index is 519. The van der Waals surface area contributed by atoms with Gasteiger partial charge in [0, 0.05) is 17.0 Å². The number of piperidine rings is 1. The maximum absolute atomic E-state index is 11.0. The van der Waals surface area contributed by atoms with Gasteiger partial charge in [-0.2, -0.15) is 0 Å². The average molecular weight is 246 g/mol. The molecule has 2 aliphatic rings. The average Bonchev–Trinajstić information content (AvgIpc) is 2.39. The van der Waals surface area contributed by atoms with Crippen LogP contribution in [0.15, 0.2) is 30.5 Å². The number of rotatable bonds is 1. The Hall–Kier alpha value is -1.88. The molecule has 0 unspecified atom stereocenters. The number of nitro benzene ring substituents is 1. The van der Waals surface area contributed by atoms with E-state index >= 15 is 0 Å². The molecule has 1 aromatic carbocycles. The van der Waals surface area contributed by atoms with Gasteiger partial charge in [0.1, 0.15) is 0 Å². The molecule has 1 spiro atoms. The summed E-state index contributed by atoms with van der Waals surface area (Å²) in [7, 11) is 0. The SMILES string of the molecule is O=[N+]([O-])c1cccc2c1OC=CC21CCNCC1. The first-order valence-corrected chi connectivity index (χ1v) is 6.06. The molecule has 1 aromatic rings. The van der Waals surface area contributed by atoms with E-state index in [1.54, 1.807) is 12.3 Å². The van der Waals surface area contributed by atoms with Crippen LogP contribution in [-0.4, -0.2) is 18.0 Å². The van der Waals surface area contributed by atoms with Gasteiger partial charge in [-0.25, -0.2) is 0 Å². The van der Waals surface area contributed by atoms with Crippen LogP contribution in [0.3, 0.4) is 0 Å². The lowest BCUT2D eigenvalue weighted by Gasteiger charge is -2.37. The van der Waals surface area contributed by atoms with Gasteiger partial charge < -0.3 is 10.1 Å². The number of ether oxygens (including phenoxy) is 1.